The first-order valence-corrected chi connectivity index (χ1v) is 7.26. The minimum absolute atomic E-state index is 0.251. The molecule has 2 nitrogen and oxygen atoms in total. The molecule has 2 aromatic rings. The predicted molar refractivity (Wildman–Crippen MR) is 79.4 cm³/mol. The fraction of sp³-hybridized carbons (Fsp3) is 0.400. The Kier molecular flexibility index (Phi) is 4.02. The Bertz CT molecular complexity index is 531. The number of rotatable bonds is 4. The van der Waals surface area contributed by atoms with E-state index in [0.29, 0.717) is 0 Å². The van der Waals surface area contributed by atoms with Gasteiger partial charge in [0.05, 0.1) is 16.7 Å². The average Bonchev–Trinajstić information content (AvgIpc) is 2.78. The first-order chi connectivity index (χ1) is 8.61. The number of thiazole rings is 1. The van der Waals surface area contributed by atoms with Gasteiger partial charge in [-0.2, -0.15) is 0 Å². The van der Waals surface area contributed by atoms with Gasteiger partial charge in [-0.15, -0.1) is 11.3 Å². The number of para-hydroxylation sites is 1. The quantitative estimate of drug-likeness (QED) is 0.875. The number of aryl methyl sites for hydroxylation is 3. The van der Waals surface area contributed by atoms with Crippen molar-refractivity contribution >= 4 is 17.0 Å². The Morgan fingerprint density at radius 3 is 2.72 bits per heavy atom. The van der Waals surface area contributed by atoms with Gasteiger partial charge in [0.15, 0.2) is 0 Å². The van der Waals surface area contributed by atoms with Gasteiger partial charge in [-0.05, 0) is 38.3 Å². The molecule has 0 aliphatic carbocycles. The number of hydrogen-bond donors (Lipinski definition) is 1. The van der Waals surface area contributed by atoms with Crippen molar-refractivity contribution in [3.05, 3.63) is 45.4 Å². The number of nitrogens with zero attached hydrogens (tertiary/aromatic N) is 1. The molecular formula is C15H20N2S. The first-order valence-electron chi connectivity index (χ1n) is 6.39. The van der Waals surface area contributed by atoms with Crippen molar-refractivity contribution in [1.29, 1.82) is 0 Å². The van der Waals surface area contributed by atoms with Crippen LogP contribution in [0.2, 0.25) is 0 Å². The molecule has 0 saturated heterocycles. The van der Waals surface area contributed by atoms with E-state index in [9.17, 15) is 0 Å². The number of anilines is 1. The fourth-order valence-electron chi connectivity index (χ4n) is 2.10. The third-order valence-electron chi connectivity index (χ3n) is 3.18. The summed E-state index contributed by atoms with van der Waals surface area (Å²) in [4.78, 5) is 4.55. The number of benzene rings is 1. The molecule has 0 fully saturated rings. The maximum atomic E-state index is 4.55. The second-order valence-electron chi connectivity index (χ2n) is 4.62. The fourth-order valence-corrected chi connectivity index (χ4v) is 2.81. The van der Waals surface area contributed by atoms with Gasteiger partial charge >= 0.3 is 0 Å². The smallest absolute Gasteiger partial charge is 0.0898 e. The van der Waals surface area contributed by atoms with Crippen molar-refractivity contribution in [2.75, 3.05) is 5.32 Å². The Labute approximate surface area is 113 Å². The lowest BCUT2D eigenvalue weighted by Crippen LogP contribution is -2.10. The third-order valence-corrected chi connectivity index (χ3v) is 3.97. The van der Waals surface area contributed by atoms with Crippen molar-refractivity contribution in [3.8, 4) is 0 Å². The highest BCUT2D eigenvalue weighted by atomic mass is 32.1. The minimum atomic E-state index is 0.251. The van der Waals surface area contributed by atoms with E-state index in [-0.39, 0.29) is 6.04 Å². The zero-order valence-corrected chi connectivity index (χ0v) is 12.3. The molecule has 1 N–H and O–H groups in total. The van der Waals surface area contributed by atoms with Crippen LogP contribution in [0.1, 0.15) is 41.7 Å². The second kappa shape index (κ2) is 5.53. The standard InChI is InChI=1S/C15H20N2S/c1-5-13-8-6-7-10(2)15(13)16-11(3)14-9-18-12(4)17-14/h6-9,11,16H,5H2,1-4H3. The van der Waals surface area contributed by atoms with Crippen LogP contribution in [0.15, 0.2) is 23.6 Å². The lowest BCUT2D eigenvalue weighted by atomic mass is 10.0. The van der Waals surface area contributed by atoms with Crippen LogP contribution >= 0.6 is 11.3 Å². The van der Waals surface area contributed by atoms with Gasteiger partial charge in [0.2, 0.25) is 0 Å². The maximum absolute atomic E-state index is 4.55. The molecule has 96 valence electrons. The van der Waals surface area contributed by atoms with Crippen LogP contribution in [0, 0.1) is 13.8 Å². The summed E-state index contributed by atoms with van der Waals surface area (Å²) in [5, 5.41) is 6.86. The largest absolute Gasteiger partial charge is 0.376 e. The summed E-state index contributed by atoms with van der Waals surface area (Å²) in [7, 11) is 0. The van der Waals surface area contributed by atoms with E-state index in [1.54, 1.807) is 11.3 Å². The summed E-state index contributed by atoms with van der Waals surface area (Å²) in [6, 6.07) is 6.72. The predicted octanol–water partition coefficient (Wildman–Crippen LogP) is 4.50. The SMILES string of the molecule is CCc1cccc(C)c1NC(C)c1csc(C)n1. The molecule has 1 heterocycles. The van der Waals surface area contributed by atoms with E-state index in [2.05, 4.69) is 54.7 Å². The topological polar surface area (TPSA) is 24.9 Å². The maximum Gasteiger partial charge on any atom is 0.0898 e. The molecule has 1 unspecified atom stereocenters. The summed E-state index contributed by atoms with van der Waals surface area (Å²) >= 11 is 1.71. The lowest BCUT2D eigenvalue weighted by molar-refractivity contribution is 0.840. The lowest BCUT2D eigenvalue weighted by Gasteiger charge is -2.18. The van der Waals surface area contributed by atoms with Crippen LogP contribution in [0.3, 0.4) is 0 Å². The van der Waals surface area contributed by atoms with Gasteiger partial charge in [-0.1, -0.05) is 25.1 Å². The molecule has 0 aliphatic rings. The monoisotopic (exact) mass is 260 g/mol. The number of hydrogen-bond acceptors (Lipinski definition) is 3. The highest BCUT2D eigenvalue weighted by molar-refractivity contribution is 7.09. The van der Waals surface area contributed by atoms with Gasteiger partial charge in [0, 0.05) is 11.1 Å². The minimum Gasteiger partial charge on any atom is -0.376 e. The molecule has 18 heavy (non-hydrogen) atoms. The Balaban J connectivity index is 2.23. The summed E-state index contributed by atoms with van der Waals surface area (Å²) < 4.78 is 0. The highest BCUT2D eigenvalue weighted by Gasteiger charge is 2.11. The summed E-state index contributed by atoms with van der Waals surface area (Å²) in [6.07, 6.45) is 1.05. The molecule has 1 atom stereocenters. The van der Waals surface area contributed by atoms with Gasteiger partial charge in [-0.3, -0.25) is 0 Å². The summed E-state index contributed by atoms with van der Waals surface area (Å²) in [5.74, 6) is 0. The molecule has 0 radical (unpaired) electrons. The van der Waals surface area contributed by atoms with Crippen molar-refractivity contribution < 1.29 is 0 Å². The van der Waals surface area contributed by atoms with E-state index < -0.39 is 0 Å². The van der Waals surface area contributed by atoms with E-state index in [0.717, 1.165) is 17.1 Å². The van der Waals surface area contributed by atoms with Gasteiger partial charge in [-0.25, -0.2) is 4.98 Å². The molecule has 0 bridgehead atoms. The van der Waals surface area contributed by atoms with Crippen LogP contribution < -0.4 is 5.32 Å². The normalized spacial score (nSPS) is 12.4. The van der Waals surface area contributed by atoms with Gasteiger partial charge in [0.25, 0.3) is 0 Å². The Morgan fingerprint density at radius 1 is 1.33 bits per heavy atom. The van der Waals surface area contributed by atoms with Crippen molar-refractivity contribution in [2.24, 2.45) is 0 Å². The van der Waals surface area contributed by atoms with Crippen LogP contribution in [-0.2, 0) is 6.42 Å². The third kappa shape index (κ3) is 2.72. The zero-order chi connectivity index (χ0) is 13.1. The average molecular weight is 260 g/mol. The molecule has 0 spiro atoms. The Hall–Kier alpha value is -1.35. The van der Waals surface area contributed by atoms with Crippen LogP contribution in [0.4, 0.5) is 5.69 Å². The first kappa shape index (κ1) is 13.1. The molecule has 1 aromatic carbocycles. The van der Waals surface area contributed by atoms with Crippen LogP contribution in [0.25, 0.3) is 0 Å². The van der Waals surface area contributed by atoms with Crippen molar-refractivity contribution in [1.82, 2.24) is 4.98 Å². The molecule has 2 rings (SSSR count). The second-order valence-corrected chi connectivity index (χ2v) is 5.68. The van der Waals surface area contributed by atoms with Crippen LogP contribution in [-0.4, -0.2) is 4.98 Å². The molecule has 0 aliphatic heterocycles. The van der Waals surface area contributed by atoms with E-state index in [1.165, 1.54) is 16.8 Å². The van der Waals surface area contributed by atoms with E-state index in [1.807, 2.05) is 6.92 Å². The number of nitrogens with one attached hydrogen (secondary N) is 1. The van der Waals surface area contributed by atoms with Gasteiger partial charge < -0.3 is 5.32 Å². The number of aromatic nitrogens is 1. The molecule has 1 aromatic heterocycles. The molecule has 3 heteroatoms. The molecule has 0 saturated carbocycles. The van der Waals surface area contributed by atoms with E-state index >= 15 is 0 Å². The van der Waals surface area contributed by atoms with Gasteiger partial charge in [0.1, 0.15) is 0 Å². The summed E-state index contributed by atoms with van der Waals surface area (Å²) in [6.45, 7) is 8.56. The van der Waals surface area contributed by atoms with Crippen LogP contribution in [0.5, 0.6) is 0 Å². The van der Waals surface area contributed by atoms with E-state index in [4.69, 9.17) is 0 Å². The summed E-state index contributed by atoms with van der Waals surface area (Å²) in [5.41, 5.74) is 5.06. The Morgan fingerprint density at radius 2 is 2.11 bits per heavy atom. The van der Waals surface area contributed by atoms with Crippen molar-refractivity contribution in [2.45, 2.75) is 40.2 Å². The molecule has 0 amide bonds. The molecular weight excluding hydrogens is 240 g/mol. The highest BCUT2D eigenvalue weighted by Crippen LogP contribution is 2.26. The zero-order valence-electron chi connectivity index (χ0n) is 11.4. The van der Waals surface area contributed by atoms with Crippen molar-refractivity contribution in [3.63, 3.8) is 0 Å².